The van der Waals surface area contributed by atoms with Gasteiger partial charge in [-0.15, -0.1) is 0 Å². The molecule has 3 nitrogen and oxygen atoms in total. The summed E-state index contributed by atoms with van der Waals surface area (Å²) in [6, 6.07) is -0.487. The predicted octanol–water partition coefficient (Wildman–Crippen LogP) is 3.06. The largest absolute Gasteiger partial charge is 0.502 e. The summed E-state index contributed by atoms with van der Waals surface area (Å²) in [5.41, 5.74) is 0. The number of nitrogens with one attached hydrogen (secondary N) is 1. The molecule has 17 heavy (non-hydrogen) atoms. The van der Waals surface area contributed by atoms with E-state index in [1.54, 1.807) is 0 Å². The number of amides is 1. The number of alkyl carbamates (subject to hydrolysis) is 1. The van der Waals surface area contributed by atoms with Gasteiger partial charge < -0.3 is 10.1 Å². The van der Waals surface area contributed by atoms with Crippen LogP contribution in [0.1, 0.15) is 26.2 Å². The molecular weight excluding hydrogens is 249 g/mol. The summed E-state index contributed by atoms with van der Waals surface area (Å²) in [5.74, 6) is 0.411. The first-order valence-corrected chi connectivity index (χ1v) is 5.06. The van der Waals surface area contributed by atoms with Crippen molar-refractivity contribution in [3.8, 4) is 0 Å². The molecule has 1 rings (SSSR count). The normalized spacial score (nSPS) is 18.7. The third-order valence-electron chi connectivity index (χ3n) is 2.30. The van der Waals surface area contributed by atoms with E-state index < -0.39 is 24.4 Å². The molecule has 1 amide bonds. The zero-order valence-electron chi connectivity index (χ0n) is 8.98. The predicted molar refractivity (Wildman–Crippen MR) is 47.4 cm³/mol. The minimum Gasteiger partial charge on any atom is -0.377 e. The van der Waals surface area contributed by atoms with Crippen LogP contribution in [0.3, 0.4) is 0 Å². The summed E-state index contributed by atoms with van der Waals surface area (Å²) < 4.78 is 62.8. The van der Waals surface area contributed by atoms with E-state index in [4.69, 9.17) is 0 Å². The molecule has 100 valence electrons. The summed E-state index contributed by atoms with van der Waals surface area (Å²) in [7, 11) is 0. The van der Waals surface area contributed by atoms with Gasteiger partial charge in [0.15, 0.2) is 0 Å². The molecule has 0 radical (unpaired) electrons. The highest BCUT2D eigenvalue weighted by molar-refractivity contribution is 5.67. The Bertz CT molecular complexity index is 288. The van der Waals surface area contributed by atoms with E-state index >= 15 is 0 Å². The number of halogens is 5. The van der Waals surface area contributed by atoms with E-state index in [-0.39, 0.29) is 0 Å². The van der Waals surface area contributed by atoms with Crippen molar-refractivity contribution in [1.82, 2.24) is 5.32 Å². The van der Waals surface area contributed by atoms with Gasteiger partial charge in [0, 0.05) is 6.04 Å². The number of rotatable bonds is 4. The van der Waals surface area contributed by atoms with Gasteiger partial charge in [-0.2, -0.15) is 22.0 Å². The van der Waals surface area contributed by atoms with Gasteiger partial charge in [0.25, 0.3) is 0 Å². The molecule has 0 saturated heterocycles. The fourth-order valence-electron chi connectivity index (χ4n) is 1.32. The molecular formula is C9H12F5NO2. The molecule has 0 aromatic rings. The molecule has 0 heterocycles. The summed E-state index contributed by atoms with van der Waals surface area (Å²) >= 11 is 0. The van der Waals surface area contributed by atoms with Crippen molar-refractivity contribution >= 4 is 6.09 Å². The lowest BCUT2D eigenvalue weighted by Gasteiger charge is -2.20. The molecule has 1 fully saturated rings. The minimum atomic E-state index is -5.90. The van der Waals surface area contributed by atoms with Gasteiger partial charge in [0.2, 0.25) is 0 Å². The van der Waals surface area contributed by atoms with Gasteiger partial charge in [-0.3, -0.25) is 0 Å². The first-order valence-electron chi connectivity index (χ1n) is 5.06. The maximum absolute atomic E-state index is 12.3. The summed E-state index contributed by atoms with van der Waals surface area (Å²) in [6.07, 6.45) is -10.6. The Morgan fingerprint density at radius 2 is 1.88 bits per heavy atom. The maximum atomic E-state index is 12.3. The van der Waals surface area contributed by atoms with Crippen molar-refractivity contribution in [1.29, 1.82) is 0 Å². The Morgan fingerprint density at radius 3 is 2.29 bits per heavy atom. The van der Waals surface area contributed by atoms with E-state index in [1.807, 2.05) is 5.32 Å². The molecule has 1 atom stereocenters. The van der Waals surface area contributed by atoms with Crippen LogP contribution in [-0.4, -0.2) is 24.4 Å². The second-order valence-corrected chi connectivity index (χ2v) is 4.13. The Labute approximate surface area is 94.3 Å². The van der Waals surface area contributed by atoms with Crippen LogP contribution >= 0.6 is 0 Å². The molecule has 0 aromatic carbocycles. The molecule has 1 saturated carbocycles. The van der Waals surface area contributed by atoms with Gasteiger partial charge in [-0.05, 0) is 19.3 Å². The SMILES string of the molecule is CC(CC1CC1)NC(=O)OC(F)(F)C(F)(F)F. The lowest BCUT2D eigenvalue weighted by molar-refractivity contribution is -0.370. The van der Waals surface area contributed by atoms with E-state index in [0.29, 0.717) is 12.3 Å². The summed E-state index contributed by atoms with van der Waals surface area (Å²) in [6.45, 7) is 1.52. The third-order valence-corrected chi connectivity index (χ3v) is 2.30. The Morgan fingerprint density at radius 1 is 1.35 bits per heavy atom. The second kappa shape index (κ2) is 4.66. The first kappa shape index (κ1) is 14.0. The van der Waals surface area contributed by atoms with Gasteiger partial charge in [-0.1, -0.05) is 12.8 Å². The molecule has 1 aliphatic rings. The van der Waals surface area contributed by atoms with Crippen LogP contribution in [0.15, 0.2) is 0 Å². The van der Waals surface area contributed by atoms with Gasteiger partial charge in [-0.25, -0.2) is 4.79 Å². The molecule has 0 aliphatic heterocycles. The maximum Gasteiger partial charge on any atom is 0.502 e. The summed E-state index contributed by atoms with van der Waals surface area (Å²) in [4.78, 5) is 10.8. The quantitative estimate of drug-likeness (QED) is 0.790. The van der Waals surface area contributed by atoms with Crippen LogP contribution < -0.4 is 5.32 Å². The summed E-state index contributed by atoms with van der Waals surface area (Å²) in [5, 5.41) is 1.94. The van der Waals surface area contributed by atoms with Crippen molar-refractivity contribution in [3.05, 3.63) is 0 Å². The van der Waals surface area contributed by atoms with Crippen LogP contribution in [-0.2, 0) is 4.74 Å². The topological polar surface area (TPSA) is 38.3 Å². The minimum absolute atomic E-state index is 0.411. The molecule has 0 bridgehead atoms. The lowest BCUT2D eigenvalue weighted by Crippen LogP contribution is -2.45. The number of carbonyl (C=O) groups excluding carboxylic acids is 1. The lowest BCUT2D eigenvalue weighted by atomic mass is 10.2. The molecule has 1 unspecified atom stereocenters. The number of carbonyl (C=O) groups is 1. The fraction of sp³-hybridized carbons (Fsp3) is 0.889. The average Bonchev–Trinajstić information content (AvgIpc) is 2.83. The smallest absolute Gasteiger partial charge is 0.377 e. The van der Waals surface area contributed by atoms with Crippen LogP contribution in [0.2, 0.25) is 0 Å². The van der Waals surface area contributed by atoms with Crippen LogP contribution in [0.4, 0.5) is 26.7 Å². The van der Waals surface area contributed by atoms with Gasteiger partial charge in [0.05, 0.1) is 0 Å². The fourth-order valence-corrected chi connectivity index (χ4v) is 1.32. The van der Waals surface area contributed by atoms with Crippen LogP contribution in [0, 0.1) is 5.92 Å². The van der Waals surface area contributed by atoms with E-state index in [0.717, 1.165) is 12.8 Å². The standard InChI is InChI=1S/C9H12F5NO2/c1-5(4-6-2-3-6)15-7(16)17-9(13,14)8(10,11)12/h5-6H,2-4H2,1H3,(H,15,16). The van der Waals surface area contributed by atoms with Crippen LogP contribution in [0.5, 0.6) is 0 Å². The van der Waals surface area contributed by atoms with Crippen molar-refractivity contribution < 1.29 is 31.5 Å². The molecule has 8 heteroatoms. The highest BCUT2D eigenvalue weighted by atomic mass is 19.4. The molecule has 0 aromatic heterocycles. The van der Waals surface area contributed by atoms with E-state index in [1.165, 1.54) is 6.92 Å². The molecule has 0 spiro atoms. The zero-order valence-corrected chi connectivity index (χ0v) is 8.98. The monoisotopic (exact) mass is 261 g/mol. The van der Waals surface area contributed by atoms with Crippen molar-refractivity contribution in [2.24, 2.45) is 5.92 Å². The number of alkyl halides is 5. The second-order valence-electron chi connectivity index (χ2n) is 4.13. The Kier molecular flexibility index (Phi) is 3.83. The number of hydrogen-bond donors (Lipinski definition) is 1. The van der Waals surface area contributed by atoms with Crippen LogP contribution in [0.25, 0.3) is 0 Å². The highest BCUT2D eigenvalue weighted by Gasteiger charge is 2.62. The highest BCUT2D eigenvalue weighted by Crippen LogP contribution is 2.36. The van der Waals surface area contributed by atoms with Crippen molar-refractivity contribution in [3.63, 3.8) is 0 Å². The van der Waals surface area contributed by atoms with Crippen molar-refractivity contribution in [2.75, 3.05) is 0 Å². The van der Waals surface area contributed by atoms with Gasteiger partial charge in [0.1, 0.15) is 0 Å². The van der Waals surface area contributed by atoms with E-state index in [2.05, 4.69) is 4.74 Å². The number of hydrogen-bond acceptors (Lipinski definition) is 2. The van der Waals surface area contributed by atoms with E-state index in [9.17, 15) is 26.7 Å². The first-order chi connectivity index (χ1) is 7.62. The van der Waals surface area contributed by atoms with Crippen molar-refractivity contribution in [2.45, 2.75) is 44.5 Å². The Balaban J connectivity index is 2.37. The Hall–Kier alpha value is -1.08. The molecule has 1 aliphatic carbocycles. The number of ether oxygens (including phenoxy) is 1. The zero-order chi connectivity index (χ0) is 13.3. The average molecular weight is 261 g/mol. The van der Waals surface area contributed by atoms with Gasteiger partial charge >= 0.3 is 18.4 Å². The third kappa shape index (κ3) is 4.35. The molecule has 1 N–H and O–H groups in total.